The van der Waals surface area contributed by atoms with Gasteiger partial charge in [0, 0.05) is 31.9 Å². The van der Waals surface area contributed by atoms with E-state index in [9.17, 15) is 8.42 Å². The number of hydrogen-bond acceptors (Lipinski definition) is 4. The first-order valence-corrected chi connectivity index (χ1v) is 7.67. The van der Waals surface area contributed by atoms with Gasteiger partial charge < -0.3 is 10.6 Å². The van der Waals surface area contributed by atoms with Gasteiger partial charge in [0.05, 0.1) is 5.75 Å². The molecule has 0 aromatic rings. The fourth-order valence-corrected chi connectivity index (χ4v) is 3.03. The van der Waals surface area contributed by atoms with Gasteiger partial charge in [0.1, 0.15) is 9.84 Å². The summed E-state index contributed by atoms with van der Waals surface area (Å²) in [6.45, 7) is 2.52. The number of hydrogen-bond donors (Lipinski definition) is 1. The van der Waals surface area contributed by atoms with Crippen molar-refractivity contribution >= 4 is 9.84 Å². The Morgan fingerprint density at radius 3 is 2.53 bits per heavy atom. The second kappa shape index (κ2) is 4.03. The van der Waals surface area contributed by atoms with Crippen molar-refractivity contribution in [3.8, 4) is 0 Å². The lowest BCUT2D eigenvalue weighted by Gasteiger charge is -2.14. The van der Waals surface area contributed by atoms with Crippen LogP contribution in [0.1, 0.15) is 12.8 Å². The van der Waals surface area contributed by atoms with Gasteiger partial charge in [-0.2, -0.15) is 0 Å². The molecular formula is C10H20N2O2S. The van der Waals surface area contributed by atoms with E-state index in [2.05, 4.69) is 4.90 Å². The average molecular weight is 232 g/mol. The van der Waals surface area contributed by atoms with Crippen molar-refractivity contribution in [2.75, 3.05) is 31.6 Å². The number of sulfone groups is 1. The van der Waals surface area contributed by atoms with Gasteiger partial charge in [0.2, 0.25) is 0 Å². The van der Waals surface area contributed by atoms with Crippen LogP contribution in [0.5, 0.6) is 0 Å². The molecule has 1 saturated heterocycles. The minimum Gasteiger partial charge on any atom is -0.326 e. The first-order chi connectivity index (χ1) is 6.96. The SMILES string of the molecule is CS(=O)(=O)CCN1C[C@@H](N)[C@H](C2CC2)C1. The van der Waals surface area contributed by atoms with Crippen molar-refractivity contribution in [2.24, 2.45) is 17.6 Å². The smallest absolute Gasteiger partial charge is 0.148 e. The summed E-state index contributed by atoms with van der Waals surface area (Å²) in [5, 5.41) is 0. The van der Waals surface area contributed by atoms with E-state index in [4.69, 9.17) is 5.73 Å². The van der Waals surface area contributed by atoms with Gasteiger partial charge in [-0.25, -0.2) is 8.42 Å². The Labute approximate surface area is 91.7 Å². The topological polar surface area (TPSA) is 63.4 Å². The zero-order chi connectivity index (χ0) is 11.1. The van der Waals surface area contributed by atoms with E-state index in [1.165, 1.54) is 19.1 Å². The standard InChI is InChI=1S/C10H20N2O2S/c1-15(13,14)5-4-12-6-9(8-2-3-8)10(11)7-12/h8-10H,2-7,11H2,1H3/t9-,10+/m0/s1. The predicted molar refractivity (Wildman–Crippen MR) is 60.3 cm³/mol. The van der Waals surface area contributed by atoms with Gasteiger partial charge >= 0.3 is 0 Å². The van der Waals surface area contributed by atoms with E-state index < -0.39 is 9.84 Å². The summed E-state index contributed by atoms with van der Waals surface area (Å²) in [7, 11) is -2.83. The van der Waals surface area contributed by atoms with Crippen LogP contribution in [0.3, 0.4) is 0 Å². The Balaban J connectivity index is 1.81. The van der Waals surface area contributed by atoms with Crippen LogP contribution < -0.4 is 5.73 Å². The summed E-state index contributed by atoms with van der Waals surface area (Å²) in [5.74, 6) is 1.70. The van der Waals surface area contributed by atoms with Crippen LogP contribution in [0.4, 0.5) is 0 Å². The molecule has 0 radical (unpaired) electrons. The Morgan fingerprint density at radius 2 is 2.00 bits per heavy atom. The second-order valence-corrected chi connectivity index (χ2v) is 7.31. The lowest BCUT2D eigenvalue weighted by molar-refractivity contribution is 0.334. The van der Waals surface area contributed by atoms with Crippen molar-refractivity contribution in [3.05, 3.63) is 0 Å². The number of nitrogens with zero attached hydrogens (tertiary/aromatic N) is 1. The molecular weight excluding hydrogens is 212 g/mol. The summed E-state index contributed by atoms with van der Waals surface area (Å²) < 4.78 is 22.1. The van der Waals surface area contributed by atoms with Gasteiger partial charge in [-0.1, -0.05) is 0 Å². The van der Waals surface area contributed by atoms with Crippen molar-refractivity contribution in [1.29, 1.82) is 0 Å². The Bertz CT molecular complexity index is 324. The Kier molecular flexibility index (Phi) is 3.05. The van der Waals surface area contributed by atoms with Gasteiger partial charge in [-0.15, -0.1) is 0 Å². The Hall–Kier alpha value is -0.130. The van der Waals surface area contributed by atoms with Crippen LogP contribution in [0, 0.1) is 11.8 Å². The molecule has 2 rings (SSSR count). The molecule has 4 nitrogen and oxygen atoms in total. The van der Waals surface area contributed by atoms with Crippen LogP contribution in [0.15, 0.2) is 0 Å². The van der Waals surface area contributed by atoms with Crippen LogP contribution in [0.2, 0.25) is 0 Å². The molecule has 2 fully saturated rings. The van der Waals surface area contributed by atoms with E-state index in [1.807, 2.05) is 0 Å². The summed E-state index contributed by atoms with van der Waals surface area (Å²) in [5.41, 5.74) is 6.06. The molecule has 1 heterocycles. The summed E-state index contributed by atoms with van der Waals surface area (Å²) >= 11 is 0. The maximum atomic E-state index is 11.0. The molecule has 2 aliphatic rings. The van der Waals surface area contributed by atoms with E-state index in [0.717, 1.165) is 19.0 Å². The molecule has 0 unspecified atom stereocenters. The van der Waals surface area contributed by atoms with Gasteiger partial charge in [0.25, 0.3) is 0 Å². The van der Waals surface area contributed by atoms with Crippen LogP contribution in [0.25, 0.3) is 0 Å². The monoisotopic (exact) mass is 232 g/mol. The second-order valence-electron chi connectivity index (χ2n) is 5.05. The van der Waals surface area contributed by atoms with Gasteiger partial charge in [-0.3, -0.25) is 0 Å². The molecule has 5 heteroatoms. The molecule has 0 aromatic heterocycles. The zero-order valence-electron chi connectivity index (χ0n) is 9.22. The van der Waals surface area contributed by atoms with Crippen LogP contribution in [-0.2, 0) is 9.84 Å². The van der Waals surface area contributed by atoms with Crippen LogP contribution in [-0.4, -0.2) is 51.0 Å². The highest BCUT2D eigenvalue weighted by Gasteiger charge is 2.40. The zero-order valence-corrected chi connectivity index (χ0v) is 10.0. The number of nitrogens with two attached hydrogens (primary N) is 1. The third kappa shape index (κ3) is 3.16. The highest BCUT2D eigenvalue weighted by Crippen LogP contribution is 2.40. The minimum absolute atomic E-state index is 0.261. The maximum absolute atomic E-state index is 11.0. The van der Waals surface area contributed by atoms with Crippen LogP contribution >= 0.6 is 0 Å². The van der Waals surface area contributed by atoms with E-state index in [0.29, 0.717) is 12.5 Å². The van der Waals surface area contributed by atoms with E-state index >= 15 is 0 Å². The fourth-order valence-electron chi connectivity index (χ4n) is 2.44. The lowest BCUT2D eigenvalue weighted by atomic mass is 9.99. The predicted octanol–water partition coefficient (Wildman–Crippen LogP) is -0.300. The highest BCUT2D eigenvalue weighted by atomic mass is 32.2. The molecule has 1 aliphatic heterocycles. The molecule has 0 aromatic carbocycles. The number of likely N-dealkylation sites (tertiary alicyclic amines) is 1. The maximum Gasteiger partial charge on any atom is 0.148 e. The first kappa shape index (κ1) is 11.4. The molecule has 0 bridgehead atoms. The molecule has 2 atom stereocenters. The third-order valence-electron chi connectivity index (χ3n) is 3.49. The van der Waals surface area contributed by atoms with Crippen molar-refractivity contribution < 1.29 is 8.42 Å². The fraction of sp³-hybridized carbons (Fsp3) is 1.00. The normalized spacial score (nSPS) is 33.5. The summed E-state index contributed by atoms with van der Waals surface area (Å²) in [6, 6.07) is 0.261. The third-order valence-corrected chi connectivity index (χ3v) is 4.42. The summed E-state index contributed by atoms with van der Waals surface area (Å²) in [6.07, 6.45) is 3.93. The molecule has 88 valence electrons. The number of rotatable bonds is 4. The Morgan fingerprint density at radius 1 is 1.33 bits per heavy atom. The molecule has 1 saturated carbocycles. The molecule has 0 spiro atoms. The lowest BCUT2D eigenvalue weighted by Crippen LogP contribution is -2.31. The first-order valence-electron chi connectivity index (χ1n) is 5.61. The largest absolute Gasteiger partial charge is 0.326 e. The minimum atomic E-state index is -2.83. The molecule has 0 amide bonds. The van der Waals surface area contributed by atoms with Gasteiger partial charge in [0.15, 0.2) is 0 Å². The molecule has 2 N–H and O–H groups in total. The van der Waals surface area contributed by atoms with E-state index in [-0.39, 0.29) is 11.8 Å². The highest BCUT2D eigenvalue weighted by molar-refractivity contribution is 7.90. The quantitative estimate of drug-likeness (QED) is 0.723. The average Bonchev–Trinajstić information content (AvgIpc) is 2.87. The summed E-state index contributed by atoms with van der Waals surface area (Å²) in [4.78, 5) is 2.20. The molecule has 15 heavy (non-hydrogen) atoms. The van der Waals surface area contributed by atoms with Crippen molar-refractivity contribution in [2.45, 2.75) is 18.9 Å². The van der Waals surface area contributed by atoms with E-state index in [1.54, 1.807) is 0 Å². The van der Waals surface area contributed by atoms with Crippen molar-refractivity contribution in [1.82, 2.24) is 4.90 Å². The van der Waals surface area contributed by atoms with Gasteiger partial charge in [-0.05, 0) is 24.7 Å². The molecule has 1 aliphatic carbocycles. The van der Waals surface area contributed by atoms with Crippen molar-refractivity contribution in [3.63, 3.8) is 0 Å².